The highest BCUT2D eigenvalue weighted by molar-refractivity contribution is 6.30. The third-order valence-corrected chi connectivity index (χ3v) is 7.84. The lowest BCUT2D eigenvalue weighted by Crippen LogP contribution is -2.29. The second kappa shape index (κ2) is 19.3. The summed E-state index contributed by atoms with van der Waals surface area (Å²) in [5.41, 5.74) is 5.64. The normalized spacial score (nSPS) is 14.1. The monoisotopic (exact) mass is 608 g/mol. The number of unbranched alkanes of at least 4 members (excludes halogenated alkanes) is 5. The number of benzene rings is 2. The first-order valence-electron chi connectivity index (χ1n) is 16.1. The number of allylic oxidation sites excluding steroid dienone is 2. The number of nitrogens with one attached hydrogen (secondary N) is 1. The molecule has 0 radical (unpaired) electrons. The van der Waals surface area contributed by atoms with E-state index in [4.69, 9.17) is 21.1 Å². The van der Waals surface area contributed by atoms with E-state index in [2.05, 4.69) is 57.8 Å². The smallest absolute Gasteiger partial charge is 0.216 e. The molecule has 0 spiro atoms. The molecule has 6 heteroatoms. The Balaban J connectivity index is 0.000000502. The Morgan fingerprint density at radius 3 is 2.28 bits per heavy atom. The second-order valence-corrected chi connectivity index (χ2v) is 11.8. The quantitative estimate of drug-likeness (QED) is 0.174. The van der Waals surface area contributed by atoms with E-state index in [0.717, 1.165) is 39.1 Å². The van der Waals surface area contributed by atoms with Crippen molar-refractivity contribution in [2.75, 3.05) is 13.7 Å². The van der Waals surface area contributed by atoms with E-state index >= 15 is 0 Å². The molecule has 1 aromatic heterocycles. The molecule has 5 nitrogen and oxygen atoms in total. The van der Waals surface area contributed by atoms with Gasteiger partial charge in [-0.05, 0) is 59.7 Å². The van der Waals surface area contributed by atoms with Crippen LogP contribution in [-0.2, 0) is 11.2 Å². The van der Waals surface area contributed by atoms with Crippen LogP contribution in [-0.4, -0.2) is 29.7 Å². The van der Waals surface area contributed by atoms with Crippen LogP contribution in [0.25, 0.3) is 16.7 Å². The molecular formula is C37H53ClN2O3. The lowest BCUT2D eigenvalue weighted by molar-refractivity contribution is -0.118. The van der Waals surface area contributed by atoms with Gasteiger partial charge in [-0.15, -0.1) is 0 Å². The molecule has 2 heterocycles. The average Bonchev–Trinajstić information content (AvgIpc) is 3.50. The van der Waals surface area contributed by atoms with E-state index < -0.39 is 0 Å². The maximum absolute atomic E-state index is 13.6. The maximum Gasteiger partial charge on any atom is 0.216 e. The highest BCUT2D eigenvalue weighted by atomic mass is 35.5. The molecule has 0 saturated heterocycles. The molecule has 4 rings (SSSR count). The molecule has 1 N–H and O–H groups in total. The number of carbonyl (C=O) groups excluding carboxylic acids is 1. The summed E-state index contributed by atoms with van der Waals surface area (Å²) in [5.74, 6) is 1.50. The van der Waals surface area contributed by atoms with Crippen molar-refractivity contribution < 1.29 is 14.3 Å². The van der Waals surface area contributed by atoms with Crippen LogP contribution in [0.3, 0.4) is 0 Å². The Bertz CT molecular complexity index is 1290. The van der Waals surface area contributed by atoms with Crippen LogP contribution in [0.4, 0.5) is 0 Å². The van der Waals surface area contributed by atoms with Crippen LogP contribution in [0.1, 0.15) is 116 Å². The summed E-state index contributed by atoms with van der Waals surface area (Å²) in [5, 5.41) is 7.61. The average molecular weight is 609 g/mol. The van der Waals surface area contributed by atoms with E-state index in [1.807, 2.05) is 43.3 Å². The fourth-order valence-corrected chi connectivity index (χ4v) is 5.32. The third kappa shape index (κ3) is 10.6. The topological polar surface area (TPSA) is 64.2 Å². The van der Waals surface area contributed by atoms with Crippen molar-refractivity contribution in [2.45, 2.75) is 106 Å². The fraction of sp³-hybridized carbons (Fsp3) is 0.514. The SMILES string of the molecule is C/C=C(/C(=O)C1COc2ccc(Cl)cc2C1)c1ccc(-c2cn[nH]c2OC)cc1C(C)C.CCCCC.CCCCCC. The van der Waals surface area contributed by atoms with E-state index in [1.165, 1.54) is 44.9 Å². The summed E-state index contributed by atoms with van der Waals surface area (Å²) < 4.78 is 11.3. The summed E-state index contributed by atoms with van der Waals surface area (Å²) in [7, 11) is 1.61. The molecule has 1 unspecified atom stereocenters. The van der Waals surface area contributed by atoms with E-state index in [0.29, 0.717) is 23.9 Å². The first-order chi connectivity index (χ1) is 20.8. The van der Waals surface area contributed by atoms with Gasteiger partial charge in [0, 0.05) is 10.6 Å². The highest BCUT2D eigenvalue weighted by Gasteiger charge is 2.30. The van der Waals surface area contributed by atoms with Crippen LogP contribution in [0.2, 0.25) is 5.02 Å². The molecule has 236 valence electrons. The van der Waals surface area contributed by atoms with E-state index in [1.54, 1.807) is 13.3 Å². The van der Waals surface area contributed by atoms with Gasteiger partial charge in [0.05, 0.1) is 31.4 Å². The summed E-state index contributed by atoms with van der Waals surface area (Å²) >= 11 is 6.16. The number of halogens is 1. The molecule has 1 aliphatic heterocycles. The zero-order chi connectivity index (χ0) is 31.8. The Hall–Kier alpha value is -3.05. The Morgan fingerprint density at radius 2 is 1.72 bits per heavy atom. The van der Waals surface area contributed by atoms with Crippen LogP contribution >= 0.6 is 11.6 Å². The summed E-state index contributed by atoms with van der Waals surface area (Å²) in [6, 6.07) is 11.7. The van der Waals surface area contributed by atoms with Crippen molar-refractivity contribution in [3.8, 4) is 22.8 Å². The van der Waals surface area contributed by atoms with Crippen molar-refractivity contribution >= 4 is 23.0 Å². The zero-order valence-corrected chi connectivity index (χ0v) is 28.4. The summed E-state index contributed by atoms with van der Waals surface area (Å²) in [6.07, 6.45) is 13.9. The summed E-state index contributed by atoms with van der Waals surface area (Å²) in [6.45, 7) is 15.4. The lowest BCUT2D eigenvalue weighted by atomic mass is 9.83. The molecule has 0 saturated carbocycles. The van der Waals surface area contributed by atoms with Gasteiger partial charge in [-0.1, -0.05) is 122 Å². The van der Waals surface area contributed by atoms with Gasteiger partial charge in [-0.25, -0.2) is 5.10 Å². The van der Waals surface area contributed by atoms with Gasteiger partial charge in [0.15, 0.2) is 5.78 Å². The predicted molar refractivity (Wildman–Crippen MR) is 182 cm³/mol. The number of Topliss-reactive ketones (excluding diaryl/α,β-unsaturated/α-hetero) is 1. The summed E-state index contributed by atoms with van der Waals surface area (Å²) in [4.78, 5) is 13.6. The van der Waals surface area contributed by atoms with E-state index in [-0.39, 0.29) is 17.6 Å². The van der Waals surface area contributed by atoms with Crippen molar-refractivity contribution in [1.82, 2.24) is 10.2 Å². The highest BCUT2D eigenvalue weighted by Crippen LogP contribution is 2.37. The second-order valence-electron chi connectivity index (χ2n) is 11.4. The standard InChI is InChI=1S/C26H27ClN2O3.C6H14.C5H12/c1-5-20(25(30)18-10-17-11-19(27)7-9-24(17)32-14-18)21-8-6-16(12-22(21)15(2)3)23-13-28-29-26(23)31-4;1-3-5-6-4-2;1-3-5-4-2/h5-9,11-13,15,18H,10,14H2,1-4H3,(H,28,29);3-6H2,1-2H3;3-5H2,1-2H3/b20-5+;;. The van der Waals surface area contributed by atoms with Crippen LogP contribution in [0, 0.1) is 5.92 Å². The number of nitrogens with zero attached hydrogens (tertiary/aromatic N) is 1. The third-order valence-electron chi connectivity index (χ3n) is 7.60. The van der Waals surface area contributed by atoms with Crippen molar-refractivity contribution in [3.63, 3.8) is 0 Å². The minimum absolute atomic E-state index is 0.0914. The number of ether oxygens (including phenoxy) is 2. The van der Waals surface area contributed by atoms with Crippen LogP contribution in [0.15, 0.2) is 48.7 Å². The minimum atomic E-state index is -0.249. The Kier molecular flexibility index (Phi) is 16.2. The molecule has 0 bridgehead atoms. The molecule has 0 aliphatic carbocycles. The van der Waals surface area contributed by atoms with Gasteiger partial charge in [-0.3, -0.25) is 4.79 Å². The predicted octanol–water partition coefficient (Wildman–Crippen LogP) is 10.9. The molecular weight excluding hydrogens is 556 g/mol. The number of methoxy groups -OCH3 is 1. The lowest BCUT2D eigenvalue weighted by Gasteiger charge is -2.26. The van der Waals surface area contributed by atoms with Crippen molar-refractivity contribution in [2.24, 2.45) is 5.92 Å². The van der Waals surface area contributed by atoms with Crippen LogP contribution < -0.4 is 9.47 Å². The van der Waals surface area contributed by atoms with Gasteiger partial charge in [-0.2, -0.15) is 5.10 Å². The van der Waals surface area contributed by atoms with Gasteiger partial charge in [0.2, 0.25) is 5.88 Å². The molecule has 43 heavy (non-hydrogen) atoms. The maximum atomic E-state index is 13.6. The fourth-order valence-electron chi connectivity index (χ4n) is 5.12. The number of fused-ring (bicyclic) bond motifs is 1. The van der Waals surface area contributed by atoms with Gasteiger partial charge < -0.3 is 9.47 Å². The van der Waals surface area contributed by atoms with E-state index in [9.17, 15) is 4.79 Å². The largest absolute Gasteiger partial charge is 0.493 e. The number of aromatic nitrogens is 2. The Morgan fingerprint density at radius 1 is 1.05 bits per heavy atom. The first-order valence-corrected chi connectivity index (χ1v) is 16.5. The van der Waals surface area contributed by atoms with Gasteiger partial charge in [0.25, 0.3) is 0 Å². The number of rotatable bonds is 11. The first kappa shape index (κ1) is 36.1. The zero-order valence-electron chi connectivity index (χ0n) is 27.7. The Labute approximate surface area is 265 Å². The number of ketones is 1. The molecule has 2 aromatic carbocycles. The van der Waals surface area contributed by atoms with Gasteiger partial charge in [0.1, 0.15) is 5.75 Å². The molecule has 0 fully saturated rings. The van der Waals surface area contributed by atoms with Gasteiger partial charge >= 0.3 is 0 Å². The number of H-pyrrole nitrogens is 1. The number of aromatic amines is 1. The van der Waals surface area contributed by atoms with Crippen molar-refractivity contribution in [1.29, 1.82) is 0 Å². The number of carbonyl (C=O) groups is 1. The molecule has 0 amide bonds. The molecule has 1 atom stereocenters. The van der Waals surface area contributed by atoms with Crippen LogP contribution in [0.5, 0.6) is 11.6 Å². The minimum Gasteiger partial charge on any atom is -0.493 e. The molecule has 1 aliphatic rings. The number of hydrogen-bond acceptors (Lipinski definition) is 4. The molecule has 3 aromatic rings. The number of hydrogen-bond donors (Lipinski definition) is 1. The van der Waals surface area contributed by atoms with Crippen molar-refractivity contribution in [3.05, 3.63) is 70.4 Å².